The molecule has 2 aliphatic heterocycles. The first-order valence-electron chi connectivity index (χ1n) is 10.0. The number of hydrogen-bond acceptors (Lipinski definition) is 5. The molecule has 1 aromatic rings. The molecule has 5 rings (SSSR count). The number of carbonyl (C=O) groups is 2. The Labute approximate surface area is 164 Å². The summed E-state index contributed by atoms with van der Waals surface area (Å²) in [6.45, 7) is 4.05. The smallest absolute Gasteiger partial charge is 0.303 e. The maximum absolute atomic E-state index is 12.6. The lowest BCUT2D eigenvalue weighted by atomic mass is 9.53. The summed E-state index contributed by atoms with van der Waals surface area (Å²) in [5, 5.41) is 0. The van der Waals surface area contributed by atoms with Crippen molar-refractivity contribution in [1.82, 2.24) is 4.90 Å². The minimum Gasteiger partial charge on any atom is -0.493 e. The predicted molar refractivity (Wildman–Crippen MR) is 101 cm³/mol. The van der Waals surface area contributed by atoms with Gasteiger partial charge in [0.2, 0.25) is 5.91 Å². The lowest BCUT2D eigenvalue weighted by Gasteiger charge is -2.57. The van der Waals surface area contributed by atoms with Crippen LogP contribution < -0.4 is 9.47 Å². The number of nitrogens with zero attached hydrogens (tertiary/aromatic N) is 1. The summed E-state index contributed by atoms with van der Waals surface area (Å²) in [6, 6.07) is 4.15. The first kappa shape index (κ1) is 17.6. The van der Waals surface area contributed by atoms with E-state index < -0.39 is 6.10 Å². The summed E-state index contributed by atoms with van der Waals surface area (Å²) in [5.41, 5.74) is 2.12. The molecule has 0 saturated carbocycles. The Morgan fingerprint density at radius 3 is 2.86 bits per heavy atom. The molecule has 1 fully saturated rings. The average molecular weight is 383 g/mol. The molecule has 148 valence electrons. The molecule has 6 heteroatoms. The van der Waals surface area contributed by atoms with Gasteiger partial charge in [0.25, 0.3) is 0 Å². The minimum absolute atomic E-state index is 0.105. The SMILES string of the molecule is CCC(=O)N1CC[C@]23c4c5ccc(OC)c4O[C@H]2[C@@H](OC(C)=O)C=CC3[C@H]1C5. The fraction of sp³-hybridized carbons (Fsp3) is 0.545. The molecule has 4 aliphatic rings. The van der Waals surface area contributed by atoms with E-state index in [1.807, 2.05) is 19.1 Å². The number of ether oxygens (including phenoxy) is 3. The number of piperidine rings is 1. The normalized spacial score (nSPS) is 33.8. The third-order valence-electron chi connectivity index (χ3n) is 6.98. The van der Waals surface area contributed by atoms with E-state index in [0.717, 1.165) is 18.6 Å². The van der Waals surface area contributed by atoms with Gasteiger partial charge < -0.3 is 19.1 Å². The number of methoxy groups -OCH3 is 1. The van der Waals surface area contributed by atoms with Crippen LogP contribution in [0.15, 0.2) is 24.3 Å². The van der Waals surface area contributed by atoms with Crippen LogP contribution in [0.25, 0.3) is 0 Å². The van der Waals surface area contributed by atoms with Crippen LogP contribution in [0.1, 0.15) is 37.8 Å². The number of rotatable bonds is 3. The molecule has 1 aromatic carbocycles. The number of benzene rings is 1. The van der Waals surface area contributed by atoms with Gasteiger partial charge in [-0.2, -0.15) is 0 Å². The Hall–Kier alpha value is -2.50. The van der Waals surface area contributed by atoms with Gasteiger partial charge in [-0.25, -0.2) is 0 Å². The van der Waals surface area contributed by atoms with E-state index in [-0.39, 0.29) is 35.4 Å². The average Bonchev–Trinajstić information content (AvgIpc) is 3.03. The van der Waals surface area contributed by atoms with Crippen LogP contribution in [0.4, 0.5) is 0 Å². The maximum Gasteiger partial charge on any atom is 0.303 e. The number of esters is 1. The van der Waals surface area contributed by atoms with E-state index in [4.69, 9.17) is 14.2 Å². The summed E-state index contributed by atoms with van der Waals surface area (Å²) in [6.07, 6.45) is 5.49. The van der Waals surface area contributed by atoms with Crippen molar-refractivity contribution in [2.75, 3.05) is 13.7 Å². The van der Waals surface area contributed by atoms with Gasteiger partial charge in [-0.05, 0) is 30.5 Å². The van der Waals surface area contributed by atoms with Gasteiger partial charge >= 0.3 is 5.97 Å². The summed E-state index contributed by atoms with van der Waals surface area (Å²) >= 11 is 0. The number of likely N-dealkylation sites (tertiary alicyclic amines) is 1. The van der Waals surface area contributed by atoms with Gasteiger partial charge in [-0.3, -0.25) is 9.59 Å². The van der Waals surface area contributed by atoms with Crippen molar-refractivity contribution in [3.63, 3.8) is 0 Å². The highest BCUT2D eigenvalue weighted by molar-refractivity contribution is 5.77. The first-order chi connectivity index (χ1) is 13.5. The van der Waals surface area contributed by atoms with Crippen LogP contribution >= 0.6 is 0 Å². The van der Waals surface area contributed by atoms with Gasteiger partial charge in [0.1, 0.15) is 6.10 Å². The van der Waals surface area contributed by atoms with Gasteiger partial charge in [-0.15, -0.1) is 0 Å². The fourth-order valence-electron chi connectivity index (χ4n) is 5.99. The van der Waals surface area contributed by atoms with Crippen LogP contribution in [0.3, 0.4) is 0 Å². The lowest BCUT2D eigenvalue weighted by Crippen LogP contribution is -2.66. The largest absolute Gasteiger partial charge is 0.493 e. The molecule has 6 nitrogen and oxygen atoms in total. The molecule has 2 bridgehead atoms. The fourth-order valence-corrected chi connectivity index (χ4v) is 5.99. The summed E-state index contributed by atoms with van der Waals surface area (Å²) in [4.78, 5) is 26.4. The van der Waals surface area contributed by atoms with Crippen molar-refractivity contribution in [2.24, 2.45) is 5.92 Å². The minimum atomic E-state index is -0.439. The van der Waals surface area contributed by atoms with E-state index in [1.165, 1.54) is 18.1 Å². The monoisotopic (exact) mass is 383 g/mol. The van der Waals surface area contributed by atoms with Crippen LogP contribution in [0.5, 0.6) is 11.5 Å². The number of hydrogen-bond donors (Lipinski definition) is 0. The van der Waals surface area contributed by atoms with Crippen LogP contribution in [-0.2, 0) is 26.2 Å². The van der Waals surface area contributed by atoms with E-state index >= 15 is 0 Å². The van der Waals surface area contributed by atoms with E-state index in [1.54, 1.807) is 7.11 Å². The molecule has 5 atom stereocenters. The Bertz CT molecular complexity index is 893. The molecule has 2 heterocycles. The standard InChI is InChI=1S/C22H25NO5/c1-4-18(25)23-10-9-22-14-6-8-17(27-12(2)24)21(22)28-20-16(26-3)7-5-13(19(20)22)11-15(14)23/h5-8,14-15,17,21H,4,9-11H2,1-3H3/t14?,15-,17+,21+,22+/m1/s1. The molecule has 0 radical (unpaired) electrons. The van der Waals surface area contributed by atoms with Crippen molar-refractivity contribution in [1.29, 1.82) is 0 Å². The topological polar surface area (TPSA) is 65.1 Å². The Kier molecular flexibility index (Phi) is 3.77. The molecule has 1 saturated heterocycles. The lowest BCUT2D eigenvalue weighted by molar-refractivity contribution is -0.153. The molecule has 1 spiro atoms. The first-order valence-corrected chi connectivity index (χ1v) is 10.0. The van der Waals surface area contributed by atoms with E-state index in [9.17, 15) is 9.59 Å². The van der Waals surface area contributed by atoms with Crippen molar-refractivity contribution in [3.8, 4) is 11.5 Å². The van der Waals surface area contributed by atoms with Crippen molar-refractivity contribution in [2.45, 2.75) is 56.8 Å². The molecular formula is C22H25NO5. The van der Waals surface area contributed by atoms with Crippen LogP contribution in [-0.4, -0.2) is 48.7 Å². The highest BCUT2D eigenvalue weighted by atomic mass is 16.6. The summed E-state index contributed by atoms with van der Waals surface area (Å²) in [7, 11) is 1.65. The molecule has 1 unspecified atom stereocenters. The Morgan fingerprint density at radius 1 is 1.32 bits per heavy atom. The second-order valence-corrected chi connectivity index (χ2v) is 8.16. The Balaban J connectivity index is 1.70. The molecule has 2 aliphatic carbocycles. The van der Waals surface area contributed by atoms with Gasteiger partial charge in [0.05, 0.1) is 12.5 Å². The van der Waals surface area contributed by atoms with Crippen molar-refractivity contribution >= 4 is 11.9 Å². The van der Waals surface area contributed by atoms with Crippen LogP contribution in [0, 0.1) is 5.92 Å². The third-order valence-corrected chi connectivity index (χ3v) is 6.98. The zero-order valence-electron chi connectivity index (χ0n) is 16.4. The predicted octanol–water partition coefficient (Wildman–Crippen LogP) is 2.38. The zero-order valence-corrected chi connectivity index (χ0v) is 16.4. The quantitative estimate of drug-likeness (QED) is 0.592. The molecular weight excluding hydrogens is 358 g/mol. The van der Waals surface area contributed by atoms with Gasteiger partial charge in [-0.1, -0.05) is 19.1 Å². The summed E-state index contributed by atoms with van der Waals surface area (Å²) in [5.74, 6) is 1.53. The van der Waals surface area contributed by atoms with E-state index in [0.29, 0.717) is 18.7 Å². The highest BCUT2D eigenvalue weighted by Gasteiger charge is 2.65. The molecule has 0 aromatic heterocycles. The molecule has 28 heavy (non-hydrogen) atoms. The zero-order chi connectivity index (χ0) is 19.6. The third kappa shape index (κ3) is 2.09. The second kappa shape index (κ2) is 6.00. The second-order valence-electron chi connectivity index (χ2n) is 8.16. The number of amides is 1. The van der Waals surface area contributed by atoms with Gasteiger partial charge in [0.15, 0.2) is 17.6 Å². The highest BCUT2D eigenvalue weighted by Crippen LogP contribution is 2.62. The molecule has 0 N–H and O–H groups in total. The van der Waals surface area contributed by atoms with E-state index in [2.05, 4.69) is 17.0 Å². The van der Waals surface area contributed by atoms with Crippen molar-refractivity contribution in [3.05, 3.63) is 35.4 Å². The van der Waals surface area contributed by atoms with Crippen molar-refractivity contribution < 1.29 is 23.8 Å². The number of carbonyl (C=O) groups excluding carboxylic acids is 2. The maximum atomic E-state index is 12.6. The molecule has 1 amide bonds. The van der Waals surface area contributed by atoms with Crippen LogP contribution in [0.2, 0.25) is 0 Å². The van der Waals surface area contributed by atoms with Gasteiger partial charge in [0, 0.05) is 37.4 Å². The Morgan fingerprint density at radius 2 is 2.14 bits per heavy atom. The summed E-state index contributed by atoms with van der Waals surface area (Å²) < 4.78 is 17.7.